The third-order valence-electron chi connectivity index (χ3n) is 1.23. The third kappa shape index (κ3) is 4.20. The van der Waals surface area contributed by atoms with E-state index in [0.717, 1.165) is 0 Å². The highest BCUT2D eigenvalue weighted by atomic mass is 16.5. The van der Waals surface area contributed by atoms with Crippen LogP contribution in [0.4, 0.5) is 0 Å². The minimum atomic E-state index is -0.475. The second-order valence-electron chi connectivity index (χ2n) is 2.20. The lowest BCUT2D eigenvalue weighted by molar-refractivity contribution is -0.128. The van der Waals surface area contributed by atoms with Gasteiger partial charge >= 0.3 is 0 Å². The fourth-order valence-electron chi connectivity index (χ4n) is 0.588. The average molecular weight is 200 g/mol. The number of ether oxygens (including phenoxy) is 1. The SMILES string of the molecule is CCOC=O.Oc1cccc(O)c1O. The molecule has 14 heavy (non-hydrogen) atoms. The summed E-state index contributed by atoms with van der Waals surface area (Å²) in [6, 6.07) is 4.01. The molecule has 5 heteroatoms. The Balaban J connectivity index is 0.000000292. The Hall–Kier alpha value is -1.91. The highest BCUT2D eigenvalue weighted by molar-refractivity contribution is 5.47. The normalized spacial score (nSPS) is 8.36. The first-order valence-corrected chi connectivity index (χ1v) is 3.88. The monoisotopic (exact) mass is 200 g/mol. The number of hydrogen-bond donors (Lipinski definition) is 3. The molecule has 0 atom stereocenters. The number of phenols is 3. The van der Waals surface area contributed by atoms with E-state index >= 15 is 0 Å². The van der Waals surface area contributed by atoms with Gasteiger partial charge in [-0.25, -0.2) is 0 Å². The van der Waals surface area contributed by atoms with Crippen LogP contribution in [0.15, 0.2) is 18.2 Å². The van der Waals surface area contributed by atoms with Crippen molar-refractivity contribution in [3.05, 3.63) is 18.2 Å². The Kier molecular flexibility index (Phi) is 5.69. The summed E-state index contributed by atoms with van der Waals surface area (Å²) < 4.78 is 4.15. The lowest BCUT2D eigenvalue weighted by Gasteiger charge is -1.96. The first-order chi connectivity index (χ1) is 6.63. The van der Waals surface area contributed by atoms with E-state index in [9.17, 15) is 4.79 Å². The maximum absolute atomic E-state index is 9.18. The zero-order valence-corrected chi connectivity index (χ0v) is 7.67. The molecule has 0 amide bonds. The molecule has 0 radical (unpaired) electrons. The molecule has 0 aliphatic heterocycles. The first kappa shape index (κ1) is 12.1. The number of hydrogen-bond acceptors (Lipinski definition) is 5. The quantitative estimate of drug-likeness (QED) is 0.489. The fourth-order valence-corrected chi connectivity index (χ4v) is 0.588. The van der Waals surface area contributed by atoms with Crippen molar-refractivity contribution in [3.8, 4) is 17.2 Å². The van der Waals surface area contributed by atoms with Gasteiger partial charge in [0.2, 0.25) is 0 Å². The summed E-state index contributed by atoms with van der Waals surface area (Å²) in [5.74, 6) is -1.09. The number of aromatic hydroxyl groups is 3. The minimum Gasteiger partial charge on any atom is -0.504 e. The largest absolute Gasteiger partial charge is 0.504 e. The summed E-state index contributed by atoms with van der Waals surface area (Å²) in [5.41, 5.74) is 0. The lowest BCUT2D eigenvalue weighted by Crippen LogP contribution is -1.80. The van der Waals surface area contributed by atoms with Gasteiger partial charge < -0.3 is 20.1 Å². The predicted octanol–water partition coefficient (Wildman–Crippen LogP) is 0.983. The van der Waals surface area contributed by atoms with Crippen molar-refractivity contribution in [2.45, 2.75) is 6.92 Å². The van der Waals surface area contributed by atoms with Gasteiger partial charge in [-0.2, -0.15) is 0 Å². The summed E-state index contributed by atoms with van der Waals surface area (Å²) in [6.45, 7) is 2.66. The molecule has 1 rings (SSSR count). The van der Waals surface area contributed by atoms with Crippen LogP contribution in [0.1, 0.15) is 6.92 Å². The summed E-state index contributed by atoms with van der Waals surface area (Å²) in [4.78, 5) is 9.18. The molecule has 5 nitrogen and oxygen atoms in total. The van der Waals surface area contributed by atoms with E-state index in [-0.39, 0.29) is 11.5 Å². The van der Waals surface area contributed by atoms with Crippen molar-refractivity contribution in [1.82, 2.24) is 0 Å². The predicted molar refractivity (Wildman–Crippen MR) is 49.1 cm³/mol. The standard InChI is InChI=1S/C6H6O3.C3H6O2/c7-4-2-1-3-5(8)6(4)9;1-2-5-3-4/h1-3,7-9H;3H,2H2,1H3. The van der Waals surface area contributed by atoms with Crippen LogP contribution in [-0.4, -0.2) is 28.4 Å². The number of rotatable bonds is 2. The van der Waals surface area contributed by atoms with E-state index in [0.29, 0.717) is 13.1 Å². The topological polar surface area (TPSA) is 87.0 Å². The maximum atomic E-state index is 9.18. The molecule has 0 aliphatic carbocycles. The van der Waals surface area contributed by atoms with Crippen LogP contribution in [-0.2, 0) is 9.53 Å². The zero-order chi connectivity index (χ0) is 11.0. The number of phenolic OH excluding ortho intramolecular Hbond substituents is 3. The Labute approximate surface area is 81.2 Å². The van der Waals surface area contributed by atoms with E-state index in [1.165, 1.54) is 18.2 Å². The molecule has 0 aromatic heterocycles. The van der Waals surface area contributed by atoms with E-state index in [2.05, 4.69) is 4.74 Å². The summed E-state index contributed by atoms with van der Waals surface area (Å²) in [6.07, 6.45) is 0. The molecule has 78 valence electrons. The lowest BCUT2D eigenvalue weighted by atomic mass is 10.3. The van der Waals surface area contributed by atoms with Gasteiger partial charge in [0.15, 0.2) is 17.2 Å². The van der Waals surface area contributed by atoms with Crippen LogP contribution in [0.2, 0.25) is 0 Å². The van der Waals surface area contributed by atoms with Crippen molar-refractivity contribution in [3.63, 3.8) is 0 Å². The molecule has 1 aromatic carbocycles. The molecule has 0 saturated carbocycles. The molecule has 0 spiro atoms. The van der Waals surface area contributed by atoms with E-state index in [1.807, 2.05) is 0 Å². The van der Waals surface area contributed by atoms with Gasteiger partial charge in [-0.05, 0) is 19.1 Å². The second-order valence-corrected chi connectivity index (χ2v) is 2.20. The average Bonchev–Trinajstić information content (AvgIpc) is 2.16. The molecule has 0 unspecified atom stereocenters. The molecule has 0 aliphatic rings. The molecular formula is C9H12O5. The summed E-state index contributed by atoms with van der Waals surface area (Å²) >= 11 is 0. The first-order valence-electron chi connectivity index (χ1n) is 3.88. The van der Waals surface area contributed by atoms with Gasteiger partial charge in [0, 0.05) is 0 Å². The Morgan fingerprint density at radius 1 is 1.29 bits per heavy atom. The fraction of sp³-hybridized carbons (Fsp3) is 0.222. The van der Waals surface area contributed by atoms with Gasteiger partial charge in [0.05, 0.1) is 6.61 Å². The van der Waals surface area contributed by atoms with Crippen molar-refractivity contribution in [2.75, 3.05) is 6.61 Å². The second kappa shape index (κ2) is 6.59. The summed E-state index contributed by atoms with van der Waals surface area (Å²) in [7, 11) is 0. The smallest absolute Gasteiger partial charge is 0.293 e. The van der Waals surface area contributed by atoms with Crippen molar-refractivity contribution in [1.29, 1.82) is 0 Å². The van der Waals surface area contributed by atoms with Crippen molar-refractivity contribution in [2.24, 2.45) is 0 Å². The third-order valence-corrected chi connectivity index (χ3v) is 1.23. The molecule has 3 N–H and O–H groups in total. The van der Waals surface area contributed by atoms with Gasteiger partial charge in [-0.15, -0.1) is 0 Å². The van der Waals surface area contributed by atoms with Crippen LogP contribution in [0.5, 0.6) is 17.2 Å². The van der Waals surface area contributed by atoms with E-state index < -0.39 is 5.75 Å². The summed E-state index contributed by atoms with van der Waals surface area (Å²) in [5, 5.41) is 26.1. The van der Waals surface area contributed by atoms with Gasteiger partial charge in [-0.3, -0.25) is 4.79 Å². The number of carbonyl (C=O) groups is 1. The van der Waals surface area contributed by atoms with Crippen molar-refractivity contribution < 1.29 is 24.9 Å². The Morgan fingerprint density at radius 3 is 2.00 bits per heavy atom. The maximum Gasteiger partial charge on any atom is 0.293 e. The Bertz CT molecular complexity index is 264. The van der Waals surface area contributed by atoms with Gasteiger partial charge in [0.25, 0.3) is 6.47 Å². The van der Waals surface area contributed by atoms with E-state index in [4.69, 9.17) is 15.3 Å². The van der Waals surface area contributed by atoms with Crippen LogP contribution in [0.25, 0.3) is 0 Å². The zero-order valence-electron chi connectivity index (χ0n) is 7.67. The molecular weight excluding hydrogens is 188 g/mol. The highest BCUT2D eigenvalue weighted by Gasteiger charge is 2.00. The van der Waals surface area contributed by atoms with Gasteiger partial charge in [-0.1, -0.05) is 6.07 Å². The molecule has 0 heterocycles. The van der Waals surface area contributed by atoms with Crippen LogP contribution in [0.3, 0.4) is 0 Å². The van der Waals surface area contributed by atoms with E-state index in [1.54, 1.807) is 6.92 Å². The van der Waals surface area contributed by atoms with Gasteiger partial charge in [0.1, 0.15) is 0 Å². The minimum absolute atomic E-state index is 0.310. The highest BCUT2D eigenvalue weighted by Crippen LogP contribution is 2.32. The van der Waals surface area contributed by atoms with Crippen LogP contribution in [0, 0.1) is 0 Å². The van der Waals surface area contributed by atoms with Crippen LogP contribution < -0.4 is 0 Å². The number of benzene rings is 1. The Morgan fingerprint density at radius 2 is 1.79 bits per heavy atom. The number of para-hydroxylation sites is 1. The molecule has 0 fully saturated rings. The number of carbonyl (C=O) groups excluding carboxylic acids is 1. The molecule has 0 saturated heterocycles. The molecule has 0 bridgehead atoms. The van der Waals surface area contributed by atoms with Crippen LogP contribution >= 0.6 is 0 Å². The molecule has 1 aromatic rings. The van der Waals surface area contributed by atoms with Crippen molar-refractivity contribution >= 4 is 6.47 Å².